The number of halogens is 1. The van der Waals surface area contributed by atoms with Gasteiger partial charge in [-0.25, -0.2) is 5.43 Å². The van der Waals surface area contributed by atoms with Gasteiger partial charge in [-0.2, -0.15) is 5.10 Å². The number of amides is 1. The second-order valence-corrected chi connectivity index (χ2v) is 7.11. The Kier molecular flexibility index (Phi) is 5.34. The van der Waals surface area contributed by atoms with Crippen LogP contribution in [0.1, 0.15) is 31.0 Å². The van der Waals surface area contributed by atoms with Gasteiger partial charge in [-0.1, -0.05) is 46.3 Å². The van der Waals surface area contributed by atoms with Crippen molar-refractivity contribution in [2.75, 3.05) is 0 Å². The Morgan fingerprint density at radius 3 is 2.64 bits per heavy atom. The van der Waals surface area contributed by atoms with Gasteiger partial charge in [-0.3, -0.25) is 4.79 Å². The first kappa shape index (κ1) is 17.4. The van der Waals surface area contributed by atoms with E-state index in [1.54, 1.807) is 6.21 Å². The monoisotopic (exact) mass is 397 g/mol. The summed E-state index contributed by atoms with van der Waals surface area (Å²) >= 11 is 3.39. The molecule has 0 fully saturated rings. The molecule has 0 atom stereocenters. The van der Waals surface area contributed by atoms with E-state index in [1.165, 1.54) is 5.52 Å². The zero-order chi connectivity index (χ0) is 17.8. The molecule has 0 saturated heterocycles. The molecule has 0 bridgehead atoms. The van der Waals surface area contributed by atoms with Crippen molar-refractivity contribution >= 4 is 39.0 Å². The minimum atomic E-state index is -0.133. The highest BCUT2D eigenvalue weighted by molar-refractivity contribution is 9.10. The van der Waals surface area contributed by atoms with Crippen LogP contribution in [0.15, 0.2) is 64.3 Å². The van der Waals surface area contributed by atoms with Crippen LogP contribution in [0.3, 0.4) is 0 Å². The third-order valence-electron chi connectivity index (χ3n) is 4.00. The van der Waals surface area contributed by atoms with Gasteiger partial charge in [-0.05, 0) is 37.6 Å². The van der Waals surface area contributed by atoms with Crippen LogP contribution in [-0.4, -0.2) is 16.7 Å². The smallest absolute Gasteiger partial charge is 0.244 e. The van der Waals surface area contributed by atoms with E-state index in [2.05, 4.69) is 63.2 Å². The Balaban J connectivity index is 1.71. The third-order valence-corrected chi connectivity index (χ3v) is 4.53. The maximum absolute atomic E-state index is 12.0. The van der Waals surface area contributed by atoms with E-state index in [9.17, 15) is 4.79 Å². The first-order chi connectivity index (χ1) is 12.0. The normalized spacial score (nSPS) is 11.5. The van der Waals surface area contributed by atoms with Gasteiger partial charge in [0.2, 0.25) is 5.91 Å². The summed E-state index contributed by atoms with van der Waals surface area (Å²) in [5.41, 5.74) is 5.72. The Bertz CT molecular complexity index is 910. The second-order valence-electron chi connectivity index (χ2n) is 6.20. The fourth-order valence-electron chi connectivity index (χ4n) is 2.76. The fourth-order valence-corrected chi connectivity index (χ4v) is 3.03. The fraction of sp³-hybridized carbons (Fsp3) is 0.200. The minimum absolute atomic E-state index is 0.133. The molecular weight excluding hydrogens is 378 g/mol. The highest BCUT2D eigenvalue weighted by atomic mass is 79.9. The van der Waals surface area contributed by atoms with Crippen LogP contribution in [0.4, 0.5) is 0 Å². The summed E-state index contributed by atoms with van der Waals surface area (Å²) in [6, 6.07) is 16.3. The van der Waals surface area contributed by atoms with Gasteiger partial charge in [0.15, 0.2) is 0 Å². The zero-order valence-corrected chi connectivity index (χ0v) is 15.8. The van der Waals surface area contributed by atoms with E-state index in [1.807, 2.05) is 36.4 Å². The Morgan fingerprint density at radius 2 is 1.92 bits per heavy atom. The van der Waals surface area contributed by atoms with Gasteiger partial charge in [0.1, 0.15) is 0 Å². The lowest BCUT2D eigenvalue weighted by Gasteiger charge is -2.08. The predicted octanol–water partition coefficient (Wildman–Crippen LogP) is 4.68. The number of hydrogen-bond acceptors (Lipinski definition) is 2. The first-order valence-electron chi connectivity index (χ1n) is 8.20. The molecular formula is C20H20BrN3O. The van der Waals surface area contributed by atoms with Gasteiger partial charge in [-0.15, -0.1) is 0 Å². The number of rotatable bonds is 5. The average Bonchev–Trinajstić information content (AvgIpc) is 2.96. The van der Waals surface area contributed by atoms with E-state index in [0.29, 0.717) is 12.5 Å². The molecule has 4 nitrogen and oxygen atoms in total. The summed E-state index contributed by atoms with van der Waals surface area (Å²) in [6.45, 7) is 4.29. The van der Waals surface area contributed by atoms with Gasteiger partial charge in [0, 0.05) is 33.2 Å². The van der Waals surface area contributed by atoms with Crippen molar-refractivity contribution in [3.05, 3.63) is 70.3 Å². The van der Waals surface area contributed by atoms with Crippen LogP contribution in [0.5, 0.6) is 0 Å². The average molecular weight is 398 g/mol. The lowest BCUT2D eigenvalue weighted by atomic mass is 10.1. The largest absolute Gasteiger partial charge is 0.344 e. The van der Waals surface area contributed by atoms with E-state index in [-0.39, 0.29) is 5.91 Å². The number of carbonyl (C=O) groups excluding carboxylic acids is 1. The number of nitrogens with one attached hydrogen (secondary N) is 1. The highest BCUT2D eigenvalue weighted by Crippen LogP contribution is 2.23. The highest BCUT2D eigenvalue weighted by Gasteiger charge is 2.08. The van der Waals surface area contributed by atoms with E-state index >= 15 is 0 Å². The van der Waals surface area contributed by atoms with Gasteiger partial charge < -0.3 is 4.57 Å². The van der Waals surface area contributed by atoms with Crippen LogP contribution in [0.25, 0.3) is 10.9 Å². The van der Waals surface area contributed by atoms with Crippen LogP contribution >= 0.6 is 15.9 Å². The minimum Gasteiger partial charge on any atom is -0.344 e. The molecule has 3 aromatic rings. The summed E-state index contributed by atoms with van der Waals surface area (Å²) in [5, 5.41) is 5.26. The SMILES string of the molecule is CC(C)n1cc(/C=N/NC(=O)Cc2ccc(Br)cc2)c2ccccc21. The van der Waals surface area contributed by atoms with E-state index in [0.717, 1.165) is 21.0 Å². The molecule has 1 amide bonds. The summed E-state index contributed by atoms with van der Waals surface area (Å²) in [4.78, 5) is 12.0. The molecule has 128 valence electrons. The summed E-state index contributed by atoms with van der Waals surface area (Å²) in [7, 11) is 0. The molecule has 2 aromatic carbocycles. The summed E-state index contributed by atoms with van der Waals surface area (Å²) in [5.74, 6) is -0.133. The first-order valence-corrected chi connectivity index (χ1v) is 9.00. The quantitative estimate of drug-likeness (QED) is 0.493. The summed E-state index contributed by atoms with van der Waals surface area (Å²) < 4.78 is 3.21. The molecule has 0 aliphatic heterocycles. The van der Waals surface area contributed by atoms with Crippen molar-refractivity contribution in [1.29, 1.82) is 0 Å². The molecule has 5 heteroatoms. The molecule has 1 heterocycles. The topological polar surface area (TPSA) is 46.4 Å². The molecule has 1 N–H and O–H groups in total. The number of aromatic nitrogens is 1. The maximum Gasteiger partial charge on any atom is 0.244 e. The lowest BCUT2D eigenvalue weighted by molar-refractivity contribution is -0.120. The number of hydrogen-bond donors (Lipinski definition) is 1. The third kappa shape index (κ3) is 4.17. The van der Waals surface area contributed by atoms with E-state index < -0.39 is 0 Å². The van der Waals surface area contributed by atoms with Crippen LogP contribution in [0, 0.1) is 0 Å². The number of carbonyl (C=O) groups is 1. The predicted molar refractivity (Wildman–Crippen MR) is 106 cm³/mol. The number of fused-ring (bicyclic) bond motifs is 1. The summed E-state index contributed by atoms with van der Waals surface area (Å²) in [6.07, 6.45) is 4.08. The Morgan fingerprint density at radius 1 is 1.20 bits per heavy atom. The van der Waals surface area contributed by atoms with Crippen LogP contribution in [-0.2, 0) is 11.2 Å². The molecule has 0 unspecified atom stereocenters. The molecule has 0 aliphatic rings. The molecule has 0 spiro atoms. The Hall–Kier alpha value is -2.40. The number of para-hydroxylation sites is 1. The number of nitrogens with zero attached hydrogens (tertiary/aromatic N) is 2. The molecule has 0 radical (unpaired) electrons. The molecule has 0 aliphatic carbocycles. The van der Waals surface area contributed by atoms with Gasteiger partial charge in [0.25, 0.3) is 0 Å². The maximum atomic E-state index is 12.0. The van der Waals surface area contributed by atoms with Crippen molar-refractivity contribution in [1.82, 2.24) is 9.99 Å². The molecule has 0 saturated carbocycles. The number of hydrazone groups is 1. The zero-order valence-electron chi connectivity index (χ0n) is 14.2. The van der Waals surface area contributed by atoms with Crippen molar-refractivity contribution in [3.8, 4) is 0 Å². The number of benzene rings is 2. The van der Waals surface area contributed by atoms with Crippen LogP contribution < -0.4 is 5.43 Å². The molecule has 3 rings (SSSR count). The van der Waals surface area contributed by atoms with Gasteiger partial charge in [0.05, 0.1) is 12.6 Å². The van der Waals surface area contributed by atoms with Crippen molar-refractivity contribution < 1.29 is 4.79 Å². The van der Waals surface area contributed by atoms with Crippen molar-refractivity contribution in [2.45, 2.75) is 26.3 Å². The standard InChI is InChI=1S/C20H20BrN3O/c1-14(2)24-13-16(18-5-3-4-6-19(18)24)12-22-23-20(25)11-15-7-9-17(21)10-8-15/h3-10,12-14H,11H2,1-2H3,(H,23,25)/b22-12+. The Labute approximate surface area is 155 Å². The van der Waals surface area contributed by atoms with Crippen molar-refractivity contribution in [3.63, 3.8) is 0 Å². The van der Waals surface area contributed by atoms with Crippen LogP contribution in [0.2, 0.25) is 0 Å². The molecule has 1 aromatic heterocycles. The molecule has 25 heavy (non-hydrogen) atoms. The van der Waals surface area contributed by atoms with Crippen molar-refractivity contribution in [2.24, 2.45) is 5.10 Å². The lowest BCUT2D eigenvalue weighted by Crippen LogP contribution is -2.19. The second kappa shape index (κ2) is 7.66. The van der Waals surface area contributed by atoms with E-state index in [4.69, 9.17) is 0 Å². The van der Waals surface area contributed by atoms with Gasteiger partial charge >= 0.3 is 0 Å².